The van der Waals surface area contributed by atoms with Gasteiger partial charge >= 0.3 is 0 Å². The van der Waals surface area contributed by atoms with Gasteiger partial charge in [-0.15, -0.1) is 10.2 Å². The van der Waals surface area contributed by atoms with Crippen molar-refractivity contribution in [3.63, 3.8) is 0 Å². The van der Waals surface area contributed by atoms with Crippen molar-refractivity contribution in [2.24, 2.45) is 7.05 Å². The molecule has 128 valence electrons. The summed E-state index contributed by atoms with van der Waals surface area (Å²) in [6, 6.07) is 14.3. The highest BCUT2D eigenvalue weighted by molar-refractivity contribution is 8.00. The molecule has 0 radical (unpaired) electrons. The van der Waals surface area contributed by atoms with Gasteiger partial charge in [0, 0.05) is 28.2 Å². The second-order valence-electron chi connectivity index (χ2n) is 5.50. The molecule has 7 heteroatoms. The molecule has 0 bridgehead atoms. The molecule has 25 heavy (non-hydrogen) atoms. The van der Waals surface area contributed by atoms with Crippen molar-refractivity contribution < 1.29 is 4.79 Å². The molecule has 1 atom stereocenters. The monoisotopic (exact) mass is 391 g/mol. The Morgan fingerprint density at radius 3 is 2.16 bits per heavy atom. The highest BCUT2D eigenvalue weighted by Crippen LogP contribution is 2.28. The molecule has 0 fully saturated rings. The van der Waals surface area contributed by atoms with Gasteiger partial charge in [0.25, 0.3) is 0 Å². The summed E-state index contributed by atoms with van der Waals surface area (Å²) < 4.78 is 1.87. The van der Waals surface area contributed by atoms with E-state index in [-0.39, 0.29) is 11.0 Å². The number of Topliss-reactive ketones (excluding diaryl/α,β-unsaturated/α-hetero) is 1. The summed E-state index contributed by atoms with van der Waals surface area (Å²) in [4.78, 5) is 12.5. The van der Waals surface area contributed by atoms with E-state index in [2.05, 4.69) is 10.2 Å². The number of carbonyl (C=O) groups excluding carboxylic acids is 1. The third-order valence-electron chi connectivity index (χ3n) is 3.72. The first-order valence-corrected chi connectivity index (χ1v) is 9.21. The first kappa shape index (κ1) is 18.0. The van der Waals surface area contributed by atoms with E-state index in [4.69, 9.17) is 23.2 Å². The molecule has 0 aliphatic rings. The number of hydrogen-bond acceptors (Lipinski definition) is 4. The summed E-state index contributed by atoms with van der Waals surface area (Å²) in [5.41, 5.74) is 1.55. The van der Waals surface area contributed by atoms with E-state index in [1.165, 1.54) is 11.8 Å². The lowest BCUT2D eigenvalue weighted by atomic mass is 10.1. The average molecular weight is 392 g/mol. The Morgan fingerprint density at radius 1 is 1.00 bits per heavy atom. The van der Waals surface area contributed by atoms with E-state index in [1.807, 2.05) is 42.8 Å². The first-order chi connectivity index (χ1) is 12.0. The molecule has 0 aliphatic carbocycles. The van der Waals surface area contributed by atoms with Crippen LogP contribution in [0.15, 0.2) is 53.7 Å². The molecule has 1 aromatic heterocycles. The van der Waals surface area contributed by atoms with Crippen LogP contribution >= 0.6 is 35.0 Å². The van der Waals surface area contributed by atoms with Gasteiger partial charge in [-0.05, 0) is 55.5 Å². The average Bonchev–Trinajstić information content (AvgIpc) is 2.96. The normalized spacial score (nSPS) is 12.2. The Kier molecular flexibility index (Phi) is 5.47. The molecular formula is C18H15Cl2N3OS. The predicted molar refractivity (Wildman–Crippen MR) is 103 cm³/mol. The van der Waals surface area contributed by atoms with E-state index in [1.54, 1.807) is 24.3 Å². The van der Waals surface area contributed by atoms with Crippen LogP contribution in [-0.4, -0.2) is 25.8 Å². The highest BCUT2D eigenvalue weighted by atomic mass is 35.5. The fourth-order valence-electron chi connectivity index (χ4n) is 2.33. The van der Waals surface area contributed by atoms with Crippen molar-refractivity contribution >= 4 is 40.7 Å². The van der Waals surface area contributed by atoms with Crippen molar-refractivity contribution in [3.05, 3.63) is 64.1 Å². The van der Waals surface area contributed by atoms with Crippen LogP contribution in [0.1, 0.15) is 17.3 Å². The Labute approximate surface area is 160 Å². The quantitative estimate of drug-likeness (QED) is 0.445. The molecule has 0 spiro atoms. The smallest absolute Gasteiger partial charge is 0.191 e. The second kappa shape index (κ2) is 7.60. The van der Waals surface area contributed by atoms with Crippen molar-refractivity contribution in [3.8, 4) is 11.4 Å². The zero-order valence-corrected chi connectivity index (χ0v) is 15.9. The van der Waals surface area contributed by atoms with E-state index in [9.17, 15) is 4.79 Å². The molecule has 0 unspecified atom stereocenters. The highest BCUT2D eigenvalue weighted by Gasteiger charge is 2.20. The van der Waals surface area contributed by atoms with Crippen molar-refractivity contribution in [2.45, 2.75) is 17.3 Å². The number of halogens is 2. The van der Waals surface area contributed by atoms with Crippen molar-refractivity contribution in [1.82, 2.24) is 14.8 Å². The largest absolute Gasteiger partial charge is 0.305 e. The van der Waals surface area contributed by atoms with Crippen LogP contribution in [0.4, 0.5) is 0 Å². The summed E-state index contributed by atoms with van der Waals surface area (Å²) in [7, 11) is 1.88. The molecule has 0 N–H and O–H groups in total. The summed E-state index contributed by atoms with van der Waals surface area (Å²) in [5.74, 6) is 0.753. The molecule has 3 aromatic rings. The number of rotatable bonds is 5. The molecule has 4 nitrogen and oxygen atoms in total. The molecule has 0 aliphatic heterocycles. The van der Waals surface area contributed by atoms with E-state index >= 15 is 0 Å². The predicted octanol–water partition coefficient (Wildman–Crippen LogP) is 5.15. The van der Waals surface area contributed by atoms with Gasteiger partial charge in [0.05, 0.1) is 5.25 Å². The van der Waals surface area contributed by atoms with Crippen LogP contribution in [0.3, 0.4) is 0 Å². The van der Waals surface area contributed by atoms with Crippen LogP contribution in [0.2, 0.25) is 10.0 Å². The van der Waals surface area contributed by atoms with Gasteiger partial charge in [-0.25, -0.2) is 0 Å². The number of aromatic nitrogens is 3. The maximum absolute atomic E-state index is 12.5. The lowest BCUT2D eigenvalue weighted by molar-refractivity contribution is 0.0994. The van der Waals surface area contributed by atoms with Gasteiger partial charge in [-0.2, -0.15) is 0 Å². The Morgan fingerprint density at radius 2 is 1.56 bits per heavy atom. The molecule has 1 heterocycles. The van der Waals surface area contributed by atoms with Crippen LogP contribution in [0.25, 0.3) is 11.4 Å². The molecule has 3 rings (SSSR count). The summed E-state index contributed by atoms with van der Waals surface area (Å²) in [6.45, 7) is 1.86. The topological polar surface area (TPSA) is 47.8 Å². The number of benzene rings is 2. The van der Waals surface area contributed by atoms with Gasteiger partial charge in [0.15, 0.2) is 16.8 Å². The molecule has 0 saturated heterocycles. The van der Waals surface area contributed by atoms with Gasteiger partial charge < -0.3 is 4.57 Å². The Balaban J connectivity index is 1.78. The second-order valence-corrected chi connectivity index (χ2v) is 7.68. The molecular weight excluding hydrogens is 377 g/mol. The first-order valence-electron chi connectivity index (χ1n) is 7.57. The molecule has 0 amide bonds. The van der Waals surface area contributed by atoms with Crippen LogP contribution in [-0.2, 0) is 7.05 Å². The molecule has 0 saturated carbocycles. The Hall–Kier alpha value is -1.82. The summed E-state index contributed by atoms with van der Waals surface area (Å²) in [6.07, 6.45) is 0. The van der Waals surface area contributed by atoms with E-state index < -0.39 is 0 Å². The van der Waals surface area contributed by atoms with E-state index in [0.717, 1.165) is 11.4 Å². The van der Waals surface area contributed by atoms with Crippen LogP contribution in [0, 0.1) is 0 Å². The zero-order chi connectivity index (χ0) is 18.0. The standard InChI is InChI=1S/C18H15Cl2N3OS/c1-11(16(24)12-3-7-14(19)8-4-12)25-18-22-21-17(23(18)2)13-5-9-15(20)10-6-13/h3-11H,1-2H3/t11-/m0/s1. The van der Waals surface area contributed by atoms with Gasteiger partial charge in [-0.3, -0.25) is 4.79 Å². The summed E-state index contributed by atoms with van der Waals surface area (Å²) >= 11 is 13.2. The molecule has 2 aromatic carbocycles. The minimum absolute atomic E-state index is 0.0257. The maximum atomic E-state index is 12.5. The number of ketones is 1. The lowest BCUT2D eigenvalue weighted by Gasteiger charge is -2.10. The minimum atomic E-state index is -0.290. The summed E-state index contributed by atoms with van der Waals surface area (Å²) in [5, 5.41) is 10.1. The van der Waals surface area contributed by atoms with Crippen LogP contribution in [0.5, 0.6) is 0 Å². The number of carbonyl (C=O) groups is 1. The maximum Gasteiger partial charge on any atom is 0.191 e. The van der Waals surface area contributed by atoms with Crippen molar-refractivity contribution in [1.29, 1.82) is 0 Å². The third-order valence-corrected chi connectivity index (χ3v) is 5.36. The van der Waals surface area contributed by atoms with Crippen LogP contribution < -0.4 is 0 Å². The van der Waals surface area contributed by atoms with Gasteiger partial charge in [-0.1, -0.05) is 35.0 Å². The fourth-order valence-corrected chi connectivity index (χ4v) is 3.47. The number of thioether (sulfide) groups is 1. The Bertz CT molecular complexity index is 892. The van der Waals surface area contributed by atoms with E-state index in [0.29, 0.717) is 20.8 Å². The number of hydrogen-bond donors (Lipinski definition) is 0. The minimum Gasteiger partial charge on any atom is -0.305 e. The third kappa shape index (κ3) is 4.06. The lowest BCUT2D eigenvalue weighted by Crippen LogP contribution is -2.14. The zero-order valence-electron chi connectivity index (χ0n) is 13.6. The van der Waals surface area contributed by atoms with Gasteiger partial charge in [0.1, 0.15) is 0 Å². The van der Waals surface area contributed by atoms with Crippen molar-refractivity contribution in [2.75, 3.05) is 0 Å². The SMILES string of the molecule is C[C@H](Sc1nnc(-c2ccc(Cl)cc2)n1C)C(=O)c1ccc(Cl)cc1. The van der Waals surface area contributed by atoms with Gasteiger partial charge in [0.2, 0.25) is 0 Å². The fraction of sp³-hybridized carbons (Fsp3) is 0.167. The number of nitrogens with zero attached hydrogens (tertiary/aromatic N) is 3.